The number of rotatable bonds is 11. The molecule has 0 heterocycles. The number of hydrogen-bond acceptors (Lipinski definition) is 4. The highest BCUT2D eigenvalue weighted by Gasteiger charge is 2.34. The van der Waals surface area contributed by atoms with Crippen molar-refractivity contribution < 1.29 is 18.0 Å². The van der Waals surface area contributed by atoms with E-state index < -0.39 is 28.5 Å². The van der Waals surface area contributed by atoms with Gasteiger partial charge in [0.1, 0.15) is 12.6 Å². The third-order valence-corrected chi connectivity index (χ3v) is 9.39. The molecule has 11 heteroatoms. The van der Waals surface area contributed by atoms with Crippen molar-refractivity contribution in [1.82, 2.24) is 10.2 Å². The van der Waals surface area contributed by atoms with Crippen LogP contribution >= 0.6 is 34.8 Å². The number of carbonyl (C=O) groups is 2. The molecule has 0 aromatic heterocycles. The van der Waals surface area contributed by atoms with Gasteiger partial charge in [0.2, 0.25) is 11.8 Å². The van der Waals surface area contributed by atoms with Crippen molar-refractivity contribution in [3.05, 3.63) is 92.4 Å². The lowest BCUT2D eigenvalue weighted by atomic mass is 10.1. The fourth-order valence-electron chi connectivity index (χ4n) is 4.26. The Hall–Kier alpha value is -2.78. The van der Waals surface area contributed by atoms with Crippen LogP contribution < -0.4 is 9.62 Å². The Morgan fingerprint density at radius 1 is 0.900 bits per heavy atom. The van der Waals surface area contributed by atoms with E-state index in [4.69, 9.17) is 34.8 Å². The second kappa shape index (κ2) is 13.7. The van der Waals surface area contributed by atoms with Crippen molar-refractivity contribution in [1.29, 1.82) is 0 Å². The average Bonchev–Trinajstić information content (AvgIpc) is 2.91. The Balaban J connectivity index is 2.11. The largest absolute Gasteiger partial charge is 0.355 e. The lowest BCUT2D eigenvalue weighted by Crippen LogP contribution is -2.52. The van der Waals surface area contributed by atoms with Gasteiger partial charge in [-0.25, -0.2) is 8.42 Å². The molecule has 40 heavy (non-hydrogen) atoms. The number of carbonyl (C=O) groups excluding carboxylic acids is 2. The predicted molar refractivity (Wildman–Crippen MR) is 162 cm³/mol. The van der Waals surface area contributed by atoms with Gasteiger partial charge in [0.25, 0.3) is 10.0 Å². The fourth-order valence-corrected chi connectivity index (χ4v) is 6.23. The van der Waals surface area contributed by atoms with Crippen molar-refractivity contribution in [2.45, 2.75) is 51.6 Å². The molecule has 214 valence electrons. The van der Waals surface area contributed by atoms with Gasteiger partial charge in [-0.15, -0.1) is 0 Å². The zero-order valence-electron chi connectivity index (χ0n) is 22.7. The Kier molecular flexibility index (Phi) is 10.9. The van der Waals surface area contributed by atoms with E-state index in [1.807, 2.05) is 6.92 Å². The molecule has 1 unspecified atom stereocenters. The number of aryl methyl sites for hydroxylation is 1. The summed E-state index contributed by atoms with van der Waals surface area (Å²) in [5.74, 6) is -0.912. The highest BCUT2D eigenvalue weighted by molar-refractivity contribution is 7.92. The summed E-state index contributed by atoms with van der Waals surface area (Å²) in [6.07, 6.45) is 0.305. The summed E-state index contributed by atoms with van der Waals surface area (Å²) >= 11 is 18.7. The predicted octanol–water partition coefficient (Wildman–Crippen LogP) is 6.40. The van der Waals surface area contributed by atoms with Crippen molar-refractivity contribution in [3.8, 4) is 0 Å². The molecule has 0 aliphatic carbocycles. The number of amides is 2. The quantitative estimate of drug-likeness (QED) is 0.267. The molecule has 0 fully saturated rings. The molecule has 3 aromatic rings. The first kappa shape index (κ1) is 31.7. The number of anilines is 1. The second-order valence-electron chi connectivity index (χ2n) is 9.30. The van der Waals surface area contributed by atoms with E-state index in [0.29, 0.717) is 39.2 Å². The number of halogens is 3. The maximum absolute atomic E-state index is 14.1. The molecule has 1 atom stereocenters. The summed E-state index contributed by atoms with van der Waals surface area (Å²) in [7, 11) is -4.20. The number of likely N-dealkylation sites (N-methyl/N-ethyl adjacent to an activating group) is 1. The third kappa shape index (κ3) is 7.29. The molecule has 0 bridgehead atoms. The smallest absolute Gasteiger partial charge is 0.264 e. The van der Waals surface area contributed by atoms with E-state index in [-0.39, 0.29) is 23.0 Å². The molecule has 0 spiro atoms. The highest BCUT2D eigenvalue weighted by Crippen LogP contribution is 2.32. The monoisotopic (exact) mass is 623 g/mol. The Morgan fingerprint density at radius 2 is 1.57 bits per heavy atom. The molecule has 7 nitrogen and oxygen atoms in total. The van der Waals surface area contributed by atoms with Gasteiger partial charge in [-0.1, -0.05) is 71.6 Å². The zero-order valence-corrected chi connectivity index (χ0v) is 25.8. The average molecular weight is 625 g/mol. The van der Waals surface area contributed by atoms with E-state index in [0.717, 1.165) is 9.87 Å². The van der Waals surface area contributed by atoms with Crippen molar-refractivity contribution >= 4 is 62.3 Å². The molecule has 1 N–H and O–H groups in total. The Morgan fingerprint density at radius 3 is 2.17 bits per heavy atom. The summed E-state index contributed by atoms with van der Waals surface area (Å²) in [5, 5.41) is 3.78. The summed E-state index contributed by atoms with van der Waals surface area (Å²) < 4.78 is 29.0. The van der Waals surface area contributed by atoms with Gasteiger partial charge in [-0.05, 0) is 74.7 Å². The minimum Gasteiger partial charge on any atom is -0.355 e. The van der Waals surface area contributed by atoms with Crippen LogP contribution in [0.2, 0.25) is 15.1 Å². The number of hydrogen-bond donors (Lipinski definition) is 1. The van der Waals surface area contributed by atoms with Gasteiger partial charge < -0.3 is 10.2 Å². The van der Waals surface area contributed by atoms with Gasteiger partial charge in [0.15, 0.2) is 0 Å². The number of benzene rings is 3. The molecule has 2 amide bonds. The molecular weight excluding hydrogens is 593 g/mol. The second-order valence-corrected chi connectivity index (χ2v) is 12.4. The molecule has 3 aromatic carbocycles. The van der Waals surface area contributed by atoms with Crippen LogP contribution in [0.25, 0.3) is 0 Å². The maximum Gasteiger partial charge on any atom is 0.264 e. The van der Waals surface area contributed by atoms with Crippen molar-refractivity contribution in [2.75, 3.05) is 17.4 Å². The summed E-state index contributed by atoms with van der Waals surface area (Å²) in [6, 6.07) is 15.3. The van der Waals surface area contributed by atoms with Crippen molar-refractivity contribution in [3.63, 3.8) is 0 Å². The number of sulfonamides is 1. The van der Waals surface area contributed by atoms with E-state index in [1.165, 1.54) is 17.0 Å². The number of nitrogens with zero attached hydrogens (tertiary/aromatic N) is 2. The molecule has 0 aliphatic rings. The van der Waals surface area contributed by atoms with Gasteiger partial charge >= 0.3 is 0 Å². The molecule has 0 radical (unpaired) electrons. The highest BCUT2D eigenvalue weighted by atomic mass is 35.5. The van der Waals surface area contributed by atoms with Crippen LogP contribution in [0.4, 0.5) is 5.69 Å². The lowest BCUT2D eigenvalue weighted by Gasteiger charge is -2.33. The van der Waals surface area contributed by atoms with Crippen LogP contribution in [-0.4, -0.2) is 44.3 Å². The standard InChI is InChI=1S/C29H32Cl3N3O4S/c1-5-26(29(37)33-6-2)34(17-21-12-15-24(31)25(32)16-21)28(36)18-35(27-9-7-8-23(30)20(27)4)40(38,39)22-13-10-19(3)11-14-22/h7-16,26H,5-6,17-18H2,1-4H3,(H,33,37). The van der Waals surface area contributed by atoms with Crippen LogP contribution in [0, 0.1) is 13.8 Å². The Labute approximate surface area is 251 Å². The van der Waals surface area contributed by atoms with Gasteiger partial charge in [0.05, 0.1) is 20.6 Å². The molecule has 3 rings (SSSR count). The van der Waals surface area contributed by atoms with Crippen LogP contribution in [0.15, 0.2) is 65.6 Å². The zero-order chi connectivity index (χ0) is 29.6. The topological polar surface area (TPSA) is 86.8 Å². The first-order valence-corrected chi connectivity index (χ1v) is 15.3. The third-order valence-electron chi connectivity index (χ3n) is 6.47. The van der Waals surface area contributed by atoms with Crippen LogP contribution in [0.3, 0.4) is 0 Å². The van der Waals surface area contributed by atoms with Crippen molar-refractivity contribution in [2.24, 2.45) is 0 Å². The summed E-state index contributed by atoms with van der Waals surface area (Å²) in [4.78, 5) is 28.5. The molecule has 0 saturated heterocycles. The van der Waals surface area contributed by atoms with E-state index in [1.54, 1.807) is 69.3 Å². The molecular formula is C29H32Cl3N3O4S. The molecule has 0 aliphatic heterocycles. The maximum atomic E-state index is 14.1. The van der Waals surface area contributed by atoms with Gasteiger partial charge in [-0.2, -0.15) is 0 Å². The normalized spacial score (nSPS) is 12.1. The fraction of sp³-hybridized carbons (Fsp3) is 0.310. The first-order valence-electron chi connectivity index (χ1n) is 12.8. The number of nitrogens with one attached hydrogen (secondary N) is 1. The minimum absolute atomic E-state index is 0.0122. The van der Waals surface area contributed by atoms with Gasteiger partial charge in [0, 0.05) is 18.1 Å². The lowest BCUT2D eigenvalue weighted by molar-refractivity contribution is -0.140. The minimum atomic E-state index is -4.20. The summed E-state index contributed by atoms with van der Waals surface area (Å²) in [6.45, 7) is 6.94. The summed E-state index contributed by atoms with van der Waals surface area (Å²) in [5.41, 5.74) is 2.29. The van der Waals surface area contributed by atoms with E-state index in [2.05, 4.69) is 5.32 Å². The molecule has 0 saturated carbocycles. The van der Waals surface area contributed by atoms with Crippen LogP contribution in [0.1, 0.15) is 37.0 Å². The van der Waals surface area contributed by atoms with E-state index in [9.17, 15) is 18.0 Å². The first-order chi connectivity index (χ1) is 18.9. The van der Waals surface area contributed by atoms with E-state index >= 15 is 0 Å². The Bertz CT molecular complexity index is 1480. The SMILES string of the molecule is CCNC(=O)C(CC)N(Cc1ccc(Cl)c(Cl)c1)C(=O)CN(c1cccc(Cl)c1C)S(=O)(=O)c1ccc(C)cc1. The van der Waals surface area contributed by atoms with Crippen LogP contribution in [-0.2, 0) is 26.2 Å². The van der Waals surface area contributed by atoms with Crippen LogP contribution in [0.5, 0.6) is 0 Å². The van der Waals surface area contributed by atoms with Gasteiger partial charge in [-0.3, -0.25) is 13.9 Å².